The van der Waals surface area contributed by atoms with Gasteiger partial charge in [-0.15, -0.1) is 11.8 Å². The Morgan fingerprint density at radius 3 is 2.50 bits per heavy atom. The molecule has 0 spiro atoms. The van der Waals surface area contributed by atoms with E-state index < -0.39 is 22.4 Å². The predicted molar refractivity (Wildman–Crippen MR) is 67.6 cm³/mol. The summed E-state index contributed by atoms with van der Waals surface area (Å²) in [5, 5.41) is 16.7. The van der Waals surface area contributed by atoms with Gasteiger partial charge in [-0.25, -0.2) is 4.98 Å². The van der Waals surface area contributed by atoms with Crippen LogP contribution in [0.3, 0.4) is 0 Å². The number of nitrogens with one attached hydrogen (secondary N) is 1. The largest absolute Gasteiger partial charge is 0.480 e. The highest BCUT2D eigenvalue weighted by Gasteiger charge is 2.27. The molecule has 0 saturated heterocycles. The number of aliphatic carboxylic acids is 2. The van der Waals surface area contributed by atoms with Gasteiger partial charge in [-0.2, -0.15) is 0 Å². The number of H-pyrrole nitrogens is 1. The van der Waals surface area contributed by atoms with Gasteiger partial charge in [0.15, 0.2) is 0 Å². The second-order valence-electron chi connectivity index (χ2n) is 3.86. The Bertz CT molecular complexity index is 394. The summed E-state index contributed by atoms with van der Waals surface area (Å²) in [6.07, 6.45) is 4.44. The van der Waals surface area contributed by atoms with Crippen molar-refractivity contribution in [2.75, 3.05) is 0 Å². The highest BCUT2D eigenvalue weighted by atomic mass is 32.2. The lowest BCUT2D eigenvalue weighted by atomic mass is 10.2. The van der Waals surface area contributed by atoms with Crippen LogP contribution in [-0.2, 0) is 16.0 Å². The van der Waals surface area contributed by atoms with E-state index >= 15 is 0 Å². The Labute approximate surface area is 109 Å². The molecule has 18 heavy (non-hydrogen) atoms. The standard InChI is InChI=1S/C11H16N2O4S/c1-2-3-8(10(14)15)18-9(11(16)17)4-7-5-12-6-13-7/h5-6,8-9H,2-4H2,1H3,(H,12,13)(H,14,15)(H,16,17)/t8?,9-/m0/s1. The van der Waals surface area contributed by atoms with Crippen LogP contribution in [-0.4, -0.2) is 42.6 Å². The summed E-state index contributed by atoms with van der Waals surface area (Å²) in [4.78, 5) is 28.8. The van der Waals surface area contributed by atoms with Gasteiger partial charge in [0.2, 0.25) is 0 Å². The molecule has 0 aromatic carbocycles. The molecule has 0 amide bonds. The molecule has 1 aromatic heterocycles. The van der Waals surface area contributed by atoms with Gasteiger partial charge >= 0.3 is 11.9 Å². The topological polar surface area (TPSA) is 103 Å². The number of imidazole rings is 1. The highest BCUT2D eigenvalue weighted by molar-refractivity contribution is 8.01. The van der Waals surface area contributed by atoms with Crippen molar-refractivity contribution in [1.82, 2.24) is 9.97 Å². The first-order chi connectivity index (χ1) is 8.54. The van der Waals surface area contributed by atoms with Crippen LogP contribution in [0.25, 0.3) is 0 Å². The first-order valence-electron chi connectivity index (χ1n) is 5.63. The van der Waals surface area contributed by atoms with Crippen molar-refractivity contribution in [3.63, 3.8) is 0 Å². The van der Waals surface area contributed by atoms with Gasteiger partial charge in [0.25, 0.3) is 0 Å². The third-order valence-corrected chi connectivity index (χ3v) is 3.85. The van der Waals surface area contributed by atoms with E-state index in [4.69, 9.17) is 10.2 Å². The molecule has 1 unspecified atom stereocenters. The van der Waals surface area contributed by atoms with Gasteiger partial charge in [0.05, 0.1) is 6.33 Å². The molecule has 3 N–H and O–H groups in total. The van der Waals surface area contributed by atoms with Crippen molar-refractivity contribution in [1.29, 1.82) is 0 Å². The van der Waals surface area contributed by atoms with Crippen molar-refractivity contribution in [2.45, 2.75) is 36.7 Å². The monoisotopic (exact) mass is 272 g/mol. The summed E-state index contributed by atoms with van der Waals surface area (Å²) in [5.74, 6) is -1.96. The molecule has 100 valence electrons. The molecule has 0 bridgehead atoms. The molecule has 1 aromatic rings. The van der Waals surface area contributed by atoms with E-state index in [-0.39, 0.29) is 6.42 Å². The van der Waals surface area contributed by atoms with Gasteiger partial charge < -0.3 is 15.2 Å². The number of aromatic amines is 1. The van der Waals surface area contributed by atoms with E-state index in [0.29, 0.717) is 18.5 Å². The molecule has 6 nitrogen and oxygen atoms in total. The van der Waals surface area contributed by atoms with Gasteiger partial charge in [-0.1, -0.05) is 13.3 Å². The normalized spacial score (nSPS) is 14.1. The van der Waals surface area contributed by atoms with E-state index in [9.17, 15) is 9.59 Å². The summed E-state index contributed by atoms with van der Waals surface area (Å²) >= 11 is 0.982. The number of carboxylic acids is 2. The second-order valence-corrected chi connectivity index (χ2v) is 5.27. The summed E-state index contributed by atoms with van der Waals surface area (Å²) in [5.41, 5.74) is 0.690. The number of rotatable bonds is 8. The molecular weight excluding hydrogens is 256 g/mol. The summed E-state index contributed by atoms with van der Waals surface area (Å²) in [6, 6.07) is 0. The van der Waals surface area contributed by atoms with Crippen LogP contribution in [0.1, 0.15) is 25.5 Å². The highest BCUT2D eigenvalue weighted by Crippen LogP contribution is 2.25. The summed E-state index contributed by atoms with van der Waals surface area (Å²) < 4.78 is 0. The van der Waals surface area contributed by atoms with E-state index in [1.807, 2.05) is 6.92 Å². The number of carboxylic acid groups (broad SMARTS) is 2. The fourth-order valence-corrected chi connectivity index (χ4v) is 2.78. The zero-order chi connectivity index (χ0) is 13.5. The number of aromatic nitrogens is 2. The molecular formula is C11H16N2O4S. The minimum Gasteiger partial charge on any atom is -0.480 e. The third kappa shape index (κ3) is 4.40. The second kappa shape index (κ2) is 7.05. The molecule has 0 aliphatic carbocycles. The van der Waals surface area contributed by atoms with Gasteiger partial charge in [0, 0.05) is 18.3 Å². The quantitative estimate of drug-likeness (QED) is 0.660. The Balaban J connectivity index is 2.67. The molecule has 1 heterocycles. The van der Waals surface area contributed by atoms with Crippen LogP contribution in [0, 0.1) is 0 Å². The summed E-state index contributed by atoms with van der Waals surface area (Å²) in [7, 11) is 0. The number of carbonyl (C=O) groups is 2. The van der Waals surface area contributed by atoms with Crippen molar-refractivity contribution in [2.24, 2.45) is 0 Å². The zero-order valence-corrected chi connectivity index (χ0v) is 10.8. The van der Waals surface area contributed by atoms with E-state index in [1.54, 1.807) is 6.20 Å². The molecule has 0 radical (unpaired) electrons. The minimum atomic E-state index is -1.00. The van der Waals surface area contributed by atoms with Gasteiger partial charge in [-0.3, -0.25) is 9.59 Å². The average Bonchev–Trinajstić information content (AvgIpc) is 2.79. The van der Waals surface area contributed by atoms with E-state index in [0.717, 1.165) is 11.8 Å². The fourth-order valence-electron chi connectivity index (χ4n) is 1.50. The van der Waals surface area contributed by atoms with Crippen LogP contribution in [0.15, 0.2) is 12.5 Å². The van der Waals surface area contributed by atoms with Crippen LogP contribution in [0.4, 0.5) is 0 Å². The lowest BCUT2D eigenvalue weighted by Gasteiger charge is -2.16. The fraction of sp³-hybridized carbons (Fsp3) is 0.545. The first-order valence-corrected chi connectivity index (χ1v) is 6.57. The molecule has 7 heteroatoms. The Kier molecular flexibility index (Phi) is 5.70. The molecule has 0 aliphatic heterocycles. The Hall–Kier alpha value is -1.50. The average molecular weight is 272 g/mol. The predicted octanol–water partition coefficient (Wildman–Crippen LogP) is 1.39. The van der Waals surface area contributed by atoms with Gasteiger partial charge in [-0.05, 0) is 6.42 Å². The molecule has 0 fully saturated rings. The lowest BCUT2D eigenvalue weighted by Crippen LogP contribution is -2.26. The number of nitrogens with zero attached hydrogens (tertiary/aromatic N) is 1. The maximum absolute atomic E-state index is 11.1. The molecule has 1 rings (SSSR count). The maximum atomic E-state index is 11.1. The van der Waals surface area contributed by atoms with Crippen LogP contribution >= 0.6 is 11.8 Å². The van der Waals surface area contributed by atoms with Crippen LogP contribution in [0.2, 0.25) is 0 Å². The molecule has 0 saturated carbocycles. The maximum Gasteiger partial charge on any atom is 0.317 e. The van der Waals surface area contributed by atoms with Crippen LogP contribution in [0.5, 0.6) is 0 Å². The zero-order valence-electron chi connectivity index (χ0n) is 10.00. The Morgan fingerprint density at radius 1 is 1.39 bits per heavy atom. The Morgan fingerprint density at radius 2 is 2.06 bits per heavy atom. The first kappa shape index (κ1) is 14.6. The molecule has 0 aliphatic rings. The third-order valence-electron chi connectivity index (χ3n) is 2.39. The smallest absolute Gasteiger partial charge is 0.317 e. The van der Waals surface area contributed by atoms with Crippen molar-refractivity contribution in [3.8, 4) is 0 Å². The van der Waals surface area contributed by atoms with Crippen molar-refractivity contribution in [3.05, 3.63) is 18.2 Å². The number of hydrogen-bond acceptors (Lipinski definition) is 4. The minimum absolute atomic E-state index is 0.244. The number of thioether (sulfide) groups is 1. The van der Waals surface area contributed by atoms with Crippen LogP contribution < -0.4 is 0 Å². The van der Waals surface area contributed by atoms with E-state index in [2.05, 4.69) is 9.97 Å². The summed E-state index contributed by atoms with van der Waals surface area (Å²) in [6.45, 7) is 1.88. The van der Waals surface area contributed by atoms with Gasteiger partial charge in [0.1, 0.15) is 10.5 Å². The van der Waals surface area contributed by atoms with Crippen molar-refractivity contribution < 1.29 is 19.8 Å². The van der Waals surface area contributed by atoms with E-state index in [1.165, 1.54) is 6.33 Å². The SMILES string of the molecule is CCCC(S[C@@H](Cc1cnc[nH]1)C(=O)O)C(=O)O. The molecule has 2 atom stereocenters. The lowest BCUT2D eigenvalue weighted by molar-refractivity contribution is -0.136. The number of hydrogen-bond donors (Lipinski definition) is 3. The van der Waals surface area contributed by atoms with Crippen molar-refractivity contribution >= 4 is 23.7 Å².